The minimum absolute atomic E-state index is 0.0173. The highest BCUT2D eigenvalue weighted by atomic mass is 16.5. The summed E-state index contributed by atoms with van der Waals surface area (Å²) in [6.07, 6.45) is 0.232. The van der Waals surface area contributed by atoms with Gasteiger partial charge in [-0.15, -0.1) is 0 Å². The topological polar surface area (TPSA) is 87.3 Å². The van der Waals surface area contributed by atoms with Crippen LogP contribution in [-0.2, 0) is 27.5 Å². The number of nitrogens with zero attached hydrogens (tertiary/aromatic N) is 2. The number of amides is 2. The third kappa shape index (κ3) is 4.54. The molecule has 2 heterocycles. The molecule has 1 saturated heterocycles. The van der Waals surface area contributed by atoms with Crippen LogP contribution in [0.4, 0.5) is 5.69 Å². The smallest absolute Gasteiger partial charge is 0.227 e. The number of carbonyl (C=O) groups excluding carboxylic acids is 2. The first-order valence-electron chi connectivity index (χ1n) is 9.18. The van der Waals surface area contributed by atoms with Crippen LogP contribution in [0.25, 0.3) is 0 Å². The number of hydrogen-bond donors (Lipinski definition) is 2. The molecule has 0 spiro atoms. The van der Waals surface area contributed by atoms with Gasteiger partial charge >= 0.3 is 0 Å². The molecule has 7 heteroatoms. The molecule has 1 aliphatic heterocycles. The lowest BCUT2D eigenvalue weighted by Crippen LogP contribution is -2.32. The summed E-state index contributed by atoms with van der Waals surface area (Å²) in [4.78, 5) is 26.5. The number of carbonyl (C=O) groups is 2. The van der Waals surface area contributed by atoms with Crippen LogP contribution in [-0.4, -0.2) is 35.7 Å². The Kier molecular flexibility index (Phi) is 5.91. The van der Waals surface area contributed by atoms with E-state index in [1.807, 2.05) is 30.3 Å². The van der Waals surface area contributed by atoms with E-state index in [-0.39, 0.29) is 24.2 Å². The van der Waals surface area contributed by atoms with Crippen molar-refractivity contribution in [3.05, 3.63) is 47.3 Å². The van der Waals surface area contributed by atoms with Crippen molar-refractivity contribution in [2.24, 2.45) is 5.92 Å². The van der Waals surface area contributed by atoms with Gasteiger partial charge in [-0.2, -0.15) is 5.10 Å². The molecule has 0 radical (unpaired) electrons. The van der Waals surface area contributed by atoms with Gasteiger partial charge in [0.1, 0.15) is 0 Å². The van der Waals surface area contributed by atoms with Crippen LogP contribution in [0.5, 0.6) is 0 Å². The number of methoxy groups -OCH3 is 1. The molecule has 1 atom stereocenters. The molecular formula is C20H26N4O3. The number of aromatic amines is 1. The first-order chi connectivity index (χ1) is 13.0. The molecule has 1 aromatic heterocycles. The Morgan fingerprint density at radius 3 is 2.78 bits per heavy atom. The van der Waals surface area contributed by atoms with E-state index in [0.717, 1.165) is 17.1 Å². The molecular weight excluding hydrogens is 344 g/mol. The summed E-state index contributed by atoms with van der Waals surface area (Å²) in [6, 6.07) is 9.84. The van der Waals surface area contributed by atoms with E-state index in [1.165, 1.54) is 5.56 Å². The van der Waals surface area contributed by atoms with Gasteiger partial charge in [-0.05, 0) is 29.7 Å². The van der Waals surface area contributed by atoms with Crippen LogP contribution in [0.2, 0.25) is 0 Å². The molecule has 0 saturated carbocycles. The summed E-state index contributed by atoms with van der Waals surface area (Å²) in [5.41, 5.74) is 3.67. The third-order valence-corrected chi connectivity index (χ3v) is 4.80. The molecule has 2 aromatic rings. The van der Waals surface area contributed by atoms with Crippen molar-refractivity contribution < 1.29 is 14.3 Å². The van der Waals surface area contributed by atoms with E-state index in [9.17, 15) is 9.59 Å². The van der Waals surface area contributed by atoms with E-state index in [4.69, 9.17) is 4.74 Å². The monoisotopic (exact) mass is 370 g/mol. The highest BCUT2D eigenvalue weighted by Gasteiger charge is 2.35. The first kappa shape index (κ1) is 19.1. The molecule has 144 valence electrons. The number of anilines is 1. The molecule has 2 amide bonds. The van der Waals surface area contributed by atoms with Crippen molar-refractivity contribution in [2.45, 2.75) is 39.3 Å². The fourth-order valence-electron chi connectivity index (χ4n) is 3.22. The van der Waals surface area contributed by atoms with Crippen molar-refractivity contribution in [3.8, 4) is 0 Å². The summed E-state index contributed by atoms with van der Waals surface area (Å²) in [6.45, 7) is 5.45. The SMILES string of the molecule is COCc1cc(CNC(=O)[C@H]2CC(=O)N(c3ccc(C(C)C)cc3)C2)[nH]n1. The van der Waals surface area contributed by atoms with E-state index in [1.54, 1.807) is 12.0 Å². The molecule has 1 aliphatic rings. The number of benzene rings is 1. The quantitative estimate of drug-likeness (QED) is 0.783. The second-order valence-electron chi connectivity index (χ2n) is 7.19. The Morgan fingerprint density at radius 1 is 1.37 bits per heavy atom. The van der Waals surface area contributed by atoms with Gasteiger partial charge in [-0.25, -0.2) is 0 Å². The van der Waals surface area contributed by atoms with Crippen molar-refractivity contribution in [2.75, 3.05) is 18.6 Å². The van der Waals surface area contributed by atoms with Gasteiger partial charge in [-0.1, -0.05) is 26.0 Å². The van der Waals surface area contributed by atoms with Gasteiger partial charge in [-0.3, -0.25) is 14.7 Å². The minimum Gasteiger partial charge on any atom is -0.378 e. The summed E-state index contributed by atoms with van der Waals surface area (Å²) in [5, 5.41) is 9.86. The maximum atomic E-state index is 12.5. The average Bonchev–Trinajstić information content (AvgIpc) is 3.26. The van der Waals surface area contributed by atoms with Gasteiger partial charge in [0.05, 0.1) is 30.5 Å². The van der Waals surface area contributed by atoms with E-state index in [2.05, 4.69) is 29.4 Å². The molecule has 0 bridgehead atoms. The number of hydrogen-bond acceptors (Lipinski definition) is 4. The van der Waals surface area contributed by atoms with Gasteiger partial charge in [0.2, 0.25) is 11.8 Å². The predicted molar refractivity (Wildman–Crippen MR) is 102 cm³/mol. The summed E-state index contributed by atoms with van der Waals surface area (Å²) < 4.78 is 5.02. The van der Waals surface area contributed by atoms with Gasteiger partial charge in [0, 0.05) is 25.8 Å². The zero-order valence-corrected chi connectivity index (χ0v) is 16.0. The molecule has 2 N–H and O–H groups in total. The molecule has 3 rings (SSSR count). The Bertz CT molecular complexity index is 798. The number of aromatic nitrogens is 2. The second kappa shape index (κ2) is 8.35. The van der Waals surface area contributed by atoms with Crippen LogP contribution in [0, 0.1) is 5.92 Å². The fraction of sp³-hybridized carbons (Fsp3) is 0.450. The predicted octanol–water partition coefficient (Wildman–Crippen LogP) is 2.35. The molecule has 7 nitrogen and oxygen atoms in total. The zero-order valence-electron chi connectivity index (χ0n) is 16.0. The zero-order chi connectivity index (χ0) is 19.4. The number of rotatable bonds is 7. The molecule has 0 unspecified atom stereocenters. The lowest BCUT2D eigenvalue weighted by atomic mass is 10.0. The number of ether oxygens (including phenoxy) is 1. The fourth-order valence-corrected chi connectivity index (χ4v) is 3.22. The largest absolute Gasteiger partial charge is 0.378 e. The van der Waals surface area contributed by atoms with Crippen molar-refractivity contribution in [1.29, 1.82) is 0 Å². The Morgan fingerprint density at radius 2 is 2.11 bits per heavy atom. The van der Waals surface area contributed by atoms with Crippen LogP contribution in [0.15, 0.2) is 30.3 Å². The molecule has 27 heavy (non-hydrogen) atoms. The lowest BCUT2D eigenvalue weighted by molar-refractivity contribution is -0.126. The summed E-state index contributed by atoms with van der Waals surface area (Å²) in [5.74, 6) is -0.0358. The highest BCUT2D eigenvalue weighted by molar-refractivity contribution is 6.00. The maximum absolute atomic E-state index is 12.5. The first-order valence-corrected chi connectivity index (χ1v) is 9.18. The average molecular weight is 370 g/mol. The highest BCUT2D eigenvalue weighted by Crippen LogP contribution is 2.27. The van der Waals surface area contributed by atoms with E-state index in [0.29, 0.717) is 25.6 Å². The maximum Gasteiger partial charge on any atom is 0.227 e. The van der Waals surface area contributed by atoms with Crippen LogP contribution < -0.4 is 10.2 Å². The lowest BCUT2D eigenvalue weighted by Gasteiger charge is -2.17. The second-order valence-corrected chi connectivity index (χ2v) is 7.19. The van der Waals surface area contributed by atoms with Gasteiger partial charge in [0.15, 0.2) is 0 Å². The molecule has 1 fully saturated rings. The third-order valence-electron chi connectivity index (χ3n) is 4.80. The molecule has 0 aliphatic carbocycles. The van der Waals surface area contributed by atoms with E-state index < -0.39 is 0 Å². The minimum atomic E-state index is -0.344. The van der Waals surface area contributed by atoms with Crippen LogP contribution >= 0.6 is 0 Å². The Labute approximate surface area is 159 Å². The van der Waals surface area contributed by atoms with Crippen LogP contribution in [0.1, 0.15) is 43.1 Å². The Hall–Kier alpha value is -2.67. The van der Waals surface area contributed by atoms with E-state index >= 15 is 0 Å². The van der Waals surface area contributed by atoms with Crippen molar-refractivity contribution in [3.63, 3.8) is 0 Å². The van der Waals surface area contributed by atoms with Crippen LogP contribution in [0.3, 0.4) is 0 Å². The standard InChI is InChI=1S/C20H26N4O3/c1-13(2)14-4-6-18(7-5-14)24-11-15(8-19(24)25)20(26)21-10-16-9-17(12-27-3)23-22-16/h4-7,9,13,15H,8,10-12H2,1-3H3,(H,21,26)(H,22,23)/t15-/m0/s1. The molecule has 1 aromatic carbocycles. The normalized spacial score (nSPS) is 17.0. The summed E-state index contributed by atoms with van der Waals surface area (Å²) >= 11 is 0. The van der Waals surface area contributed by atoms with Gasteiger partial charge in [0.25, 0.3) is 0 Å². The summed E-state index contributed by atoms with van der Waals surface area (Å²) in [7, 11) is 1.61. The van der Waals surface area contributed by atoms with Crippen molar-refractivity contribution >= 4 is 17.5 Å². The Balaban J connectivity index is 1.56. The van der Waals surface area contributed by atoms with Crippen molar-refractivity contribution in [1.82, 2.24) is 15.5 Å². The van der Waals surface area contributed by atoms with Gasteiger partial charge < -0.3 is 15.0 Å². The number of nitrogens with one attached hydrogen (secondary N) is 2. The number of H-pyrrole nitrogens is 1.